The number of hydrogen-bond acceptors (Lipinski definition) is 3. The fourth-order valence-electron chi connectivity index (χ4n) is 3.38. The Bertz CT molecular complexity index is 1000. The molecule has 0 unspecified atom stereocenters. The molecule has 0 saturated heterocycles. The maximum Gasteiger partial charge on any atom is 0.251 e. The third-order valence-corrected chi connectivity index (χ3v) is 6.34. The molecule has 0 saturated carbocycles. The summed E-state index contributed by atoms with van der Waals surface area (Å²) in [6, 6.07) is 22.2. The lowest BCUT2D eigenvalue weighted by atomic mass is 10.1. The molecular weight excluding hydrogens is 400 g/mol. The molecule has 0 fully saturated rings. The van der Waals surface area contributed by atoms with Gasteiger partial charge >= 0.3 is 0 Å². The van der Waals surface area contributed by atoms with Crippen molar-refractivity contribution in [3.05, 3.63) is 94.0 Å². The van der Waals surface area contributed by atoms with Gasteiger partial charge in [0.2, 0.25) is 0 Å². The Morgan fingerprint density at radius 1 is 1.03 bits per heavy atom. The van der Waals surface area contributed by atoms with Crippen molar-refractivity contribution in [1.82, 2.24) is 5.32 Å². The fraction of sp³-hybridized carbons (Fsp3) is 0.208. The van der Waals surface area contributed by atoms with Crippen LogP contribution in [-0.4, -0.2) is 18.2 Å². The number of rotatable bonds is 5. The molecule has 0 aliphatic carbocycles. The Labute approximate surface area is 181 Å². The zero-order valence-corrected chi connectivity index (χ0v) is 17.9. The molecule has 3 aromatic rings. The molecule has 0 spiro atoms. The Morgan fingerprint density at radius 3 is 2.52 bits per heavy atom. The van der Waals surface area contributed by atoms with Gasteiger partial charge in [0, 0.05) is 40.9 Å². The van der Waals surface area contributed by atoms with Crippen LogP contribution in [0.5, 0.6) is 0 Å². The molecular formula is C24H23ClN2OS. The van der Waals surface area contributed by atoms with Gasteiger partial charge in [-0.1, -0.05) is 53.6 Å². The number of anilines is 1. The van der Waals surface area contributed by atoms with Crippen molar-refractivity contribution in [3.8, 4) is 0 Å². The average Bonchev–Trinajstić information content (AvgIpc) is 2.74. The average molecular weight is 423 g/mol. The predicted molar refractivity (Wildman–Crippen MR) is 122 cm³/mol. The molecule has 3 aromatic carbocycles. The summed E-state index contributed by atoms with van der Waals surface area (Å²) in [5.74, 6) is 0.995. The normalized spacial score (nSPS) is 13.1. The van der Waals surface area contributed by atoms with Crippen LogP contribution in [0, 0.1) is 6.92 Å². The molecule has 148 valence electrons. The second-order valence-electron chi connectivity index (χ2n) is 7.25. The Balaban J connectivity index is 1.49. The number of aryl methyl sites for hydroxylation is 1. The van der Waals surface area contributed by atoms with Crippen molar-refractivity contribution in [3.63, 3.8) is 0 Å². The van der Waals surface area contributed by atoms with E-state index in [0.717, 1.165) is 35.1 Å². The number of carbonyl (C=O) groups excluding carboxylic acids is 1. The number of fused-ring (bicyclic) bond motifs is 1. The highest BCUT2D eigenvalue weighted by Crippen LogP contribution is 2.36. The van der Waals surface area contributed by atoms with Crippen molar-refractivity contribution in [2.75, 3.05) is 17.2 Å². The minimum absolute atomic E-state index is 0.0459. The largest absolute Gasteiger partial charge is 0.365 e. The first-order valence-electron chi connectivity index (χ1n) is 9.68. The maximum absolute atomic E-state index is 12.7. The summed E-state index contributed by atoms with van der Waals surface area (Å²) in [5, 5.41) is 3.78. The first kappa shape index (κ1) is 19.9. The van der Waals surface area contributed by atoms with Gasteiger partial charge in [0.15, 0.2) is 0 Å². The van der Waals surface area contributed by atoms with Gasteiger partial charge in [-0.25, -0.2) is 0 Å². The highest BCUT2D eigenvalue weighted by atomic mass is 35.5. The van der Waals surface area contributed by atoms with Crippen molar-refractivity contribution in [2.24, 2.45) is 0 Å². The van der Waals surface area contributed by atoms with Crippen LogP contribution in [-0.2, 0) is 13.1 Å². The van der Waals surface area contributed by atoms with E-state index in [1.807, 2.05) is 48.2 Å². The highest BCUT2D eigenvalue weighted by Gasteiger charge is 2.19. The van der Waals surface area contributed by atoms with Crippen LogP contribution >= 0.6 is 23.4 Å². The second-order valence-corrected chi connectivity index (χ2v) is 8.82. The van der Waals surface area contributed by atoms with Crippen LogP contribution in [0.15, 0.2) is 71.6 Å². The summed E-state index contributed by atoms with van der Waals surface area (Å²) in [6.45, 7) is 4.34. The molecule has 0 aromatic heterocycles. The molecule has 3 nitrogen and oxygen atoms in total. The number of thioether (sulfide) groups is 1. The van der Waals surface area contributed by atoms with E-state index in [4.69, 9.17) is 11.6 Å². The van der Waals surface area contributed by atoms with Gasteiger partial charge in [-0.3, -0.25) is 4.79 Å². The van der Waals surface area contributed by atoms with Crippen molar-refractivity contribution < 1.29 is 4.79 Å². The van der Waals surface area contributed by atoms with E-state index < -0.39 is 0 Å². The minimum Gasteiger partial charge on any atom is -0.365 e. The monoisotopic (exact) mass is 422 g/mol. The maximum atomic E-state index is 12.7. The number of hydrogen-bond donors (Lipinski definition) is 1. The number of nitrogens with zero attached hydrogens (tertiary/aromatic N) is 1. The van der Waals surface area contributed by atoms with Crippen molar-refractivity contribution in [2.45, 2.75) is 24.9 Å². The smallest absolute Gasteiger partial charge is 0.251 e. The topological polar surface area (TPSA) is 32.3 Å². The van der Waals surface area contributed by atoms with E-state index in [-0.39, 0.29) is 5.91 Å². The van der Waals surface area contributed by atoms with Crippen molar-refractivity contribution in [1.29, 1.82) is 0 Å². The molecule has 1 heterocycles. The Kier molecular flexibility index (Phi) is 6.12. The van der Waals surface area contributed by atoms with Gasteiger partial charge in [0.05, 0.1) is 5.69 Å². The van der Waals surface area contributed by atoms with Gasteiger partial charge in [-0.15, -0.1) is 11.8 Å². The van der Waals surface area contributed by atoms with Gasteiger partial charge in [-0.05, 0) is 48.4 Å². The number of halogens is 1. The highest BCUT2D eigenvalue weighted by molar-refractivity contribution is 7.99. The number of benzene rings is 3. The van der Waals surface area contributed by atoms with Crippen LogP contribution in [0.3, 0.4) is 0 Å². The van der Waals surface area contributed by atoms with Crippen LogP contribution in [0.25, 0.3) is 0 Å². The lowest BCUT2D eigenvalue weighted by Crippen LogP contribution is -2.29. The van der Waals surface area contributed by atoms with E-state index >= 15 is 0 Å². The zero-order chi connectivity index (χ0) is 20.2. The van der Waals surface area contributed by atoms with Crippen molar-refractivity contribution >= 4 is 35.0 Å². The standard InChI is InChI=1S/C24H23ClN2OS/c1-17-2-4-18(5-3-17)15-26-24(28)20-8-11-23-22(14-20)27(12-13-29-23)16-19-6-9-21(25)10-7-19/h2-11,14H,12-13,15-16H2,1H3,(H,26,28). The molecule has 1 aliphatic rings. The second kappa shape index (κ2) is 8.93. The molecule has 1 N–H and O–H groups in total. The van der Waals surface area contributed by atoms with Crippen LogP contribution in [0.1, 0.15) is 27.0 Å². The molecule has 0 bridgehead atoms. The lowest BCUT2D eigenvalue weighted by molar-refractivity contribution is 0.0951. The fourth-order valence-corrected chi connectivity index (χ4v) is 4.54. The van der Waals surface area contributed by atoms with Gasteiger partial charge in [-0.2, -0.15) is 0 Å². The molecule has 5 heteroatoms. The Morgan fingerprint density at radius 2 is 1.76 bits per heavy atom. The number of nitrogens with one attached hydrogen (secondary N) is 1. The van der Waals surface area contributed by atoms with E-state index in [1.54, 1.807) is 0 Å². The predicted octanol–water partition coefficient (Wildman–Crippen LogP) is 5.69. The van der Waals surface area contributed by atoms with E-state index in [1.165, 1.54) is 16.0 Å². The van der Waals surface area contributed by atoms with Gasteiger partial charge < -0.3 is 10.2 Å². The van der Waals surface area contributed by atoms with Gasteiger partial charge in [0.1, 0.15) is 0 Å². The first-order chi connectivity index (χ1) is 14.1. The summed E-state index contributed by atoms with van der Waals surface area (Å²) in [5.41, 5.74) is 5.34. The number of carbonyl (C=O) groups is 1. The summed E-state index contributed by atoms with van der Waals surface area (Å²) in [7, 11) is 0. The first-order valence-corrected chi connectivity index (χ1v) is 11.0. The molecule has 29 heavy (non-hydrogen) atoms. The molecule has 1 aliphatic heterocycles. The quantitative estimate of drug-likeness (QED) is 0.573. The molecule has 4 rings (SSSR count). The summed E-state index contributed by atoms with van der Waals surface area (Å²) < 4.78 is 0. The van der Waals surface area contributed by atoms with Crippen LogP contribution in [0.2, 0.25) is 5.02 Å². The Hall–Kier alpha value is -2.43. The van der Waals surface area contributed by atoms with Crippen LogP contribution in [0.4, 0.5) is 5.69 Å². The third kappa shape index (κ3) is 4.95. The lowest BCUT2D eigenvalue weighted by Gasteiger charge is -2.31. The molecule has 0 radical (unpaired) electrons. The summed E-state index contributed by atoms with van der Waals surface area (Å²) in [6.07, 6.45) is 0. The number of amides is 1. The van der Waals surface area contributed by atoms with E-state index in [0.29, 0.717) is 12.1 Å². The van der Waals surface area contributed by atoms with Gasteiger partial charge in [0.25, 0.3) is 5.91 Å². The third-order valence-electron chi connectivity index (χ3n) is 5.04. The molecule has 1 amide bonds. The SMILES string of the molecule is Cc1ccc(CNC(=O)c2ccc3c(c2)N(Cc2ccc(Cl)cc2)CCS3)cc1. The van der Waals surface area contributed by atoms with E-state index in [9.17, 15) is 4.79 Å². The van der Waals surface area contributed by atoms with E-state index in [2.05, 4.69) is 47.5 Å². The summed E-state index contributed by atoms with van der Waals surface area (Å²) >= 11 is 7.85. The minimum atomic E-state index is -0.0459. The molecule has 0 atom stereocenters. The zero-order valence-electron chi connectivity index (χ0n) is 16.3. The van der Waals surface area contributed by atoms with Crippen LogP contribution < -0.4 is 10.2 Å². The summed E-state index contributed by atoms with van der Waals surface area (Å²) in [4.78, 5) is 16.3.